The number of fused-ring (bicyclic) bond motifs is 1. The van der Waals surface area contributed by atoms with Gasteiger partial charge in [-0.05, 0) is 43.2 Å². The molecule has 200 valence electrons. The molecule has 0 saturated heterocycles. The number of pyridine rings is 1. The van der Waals surface area contributed by atoms with E-state index in [1.165, 1.54) is 36.6 Å². The van der Waals surface area contributed by atoms with Crippen LogP contribution in [-0.2, 0) is 0 Å². The Morgan fingerprint density at radius 1 is 1.10 bits per heavy atom. The standard InChI is InChI=1S/C27H23Br2N5O5/c1-38-23-13-19(29)11-17(25(23)39-24-10-8-20(15-30-24)34(36)37)14-31-33-26(16-5-3-2-4-6-16)32-22-9-7-18(28)12-21(22)27(33)35/h7-16H,2-6H2,1H3. The molecule has 0 unspecified atom stereocenters. The fourth-order valence-electron chi connectivity index (χ4n) is 4.61. The van der Waals surface area contributed by atoms with E-state index in [4.69, 9.17) is 14.5 Å². The summed E-state index contributed by atoms with van der Waals surface area (Å²) in [6.07, 6.45) is 7.83. The molecular formula is C27H23Br2N5O5. The fraction of sp³-hybridized carbons (Fsp3) is 0.259. The first-order chi connectivity index (χ1) is 18.8. The number of rotatable bonds is 7. The van der Waals surface area contributed by atoms with Crippen LogP contribution in [0.15, 0.2) is 67.5 Å². The number of ether oxygens (including phenoxy) is 2. The number of benzene rings is 2. The van der Waals surface area contributed by atoms with Crippen molar-refractivity contribution in [3.8, 4) is 17.4 Å². The lowest BCUT2D eigenvalue weighted by molar-refractivity contribution is -0.385. The summed E-state index contributed by atoms with van der Waals surface area (Å²) in [4.78, 5) is 33.1. The van der Waals surface area contributed by atoms with Crippen molar-refractivity contribution in [2.24, 2.45) is 5.10 Å². The van der Waals surface area contributed by atoms with Gasteiger partial charge in [0.15, 0.2) is 11.5 Å². The van der Waals surface area contributed by atoms with Crippen LogP contribution in [0.4, 0.5) is 5.69 Å². The first-order valence-electron chi connectivity index (χ1n) is 12.3. The smallest absolute Gasteiger partial charge is 0.287 e. The van der Waals surface area contributed by atoms with Gasteiger partial charge in [-0.3, -0.25) is 14.9 Å². The number of aromatic nitrogens is 3. The number of methoxy groups -OCH3 is 1. The molecule has 0 amide bonds. The minimum absolute atomic E-state index is 0.119. The maximum atomic E-state index is 13.7. The SMILES string of the molecule is COc1cc(Br)cc(C=Nn2c(C3CCCCC3)nc3ccc(Br)cc3c2=O)c1Oc1ccc([N+](=O)[O-])cn1. The lowest BCUT2D eigenvalue weighted by atomic mass is 9.88. The van der Waals surface area contributed by atoms with Crippen LogP contribution in [0.5, 0.6) is 17.4 Å². The summed E-state index contributed by atoms with van der Waals surface area (Å²) < 4.78 is 14.4. The largest absolute Gasteiger partial charge is 0.493 e. The van der Waals surface area contributed by atoms with Gasteiger partial charge in [-0.1, -0.05) is 51.1 Å². The molecule has 0 radical (unpaired) electrons. The highest BCUT2D eigenvalue weighted by Crippen LogP contribution is 2.37. The van der Waals surface area contributed by atoms with Crippen molar-refractivity contribution in [1.82, 2.24) is 14.6 Å². The van der Waals surface area contributed by atoms with E-state index >= 15 is 0 Å². The topological polar surface area (TPSA) is 122 Å². The summed E-state index contributed by atoms with van der Waals surface area (Å²) in [6.45, 7) is 0. The van der Waals surface area contributed by atoms with E-state index in [9.17, 15) is 14.9 Å². The second-order valence-electron chi connectivity index (χ2n) is 9.07. The molecular weight excluding hydrogens is 634 g/mol. The molecule has 0 bridgehead atoms. The number of nitrogens with zero attached hydrogens (tertiary/aromatic N) is 5. The van der Waals surface area contributed by atoms with E-state index in [0.717, 1.165) is 36.4 Å². The Labute approximate surface area is 240 Å². The van der Waals surface area contributed by atoms with E-state index < -0.39 is 4.92 Å². The Bertz CT molecular complexity index is 1630. The summed E-state index contributed by atoms with van der Waals surface area (Å²) in [5.41, 5.74) is 0.710. The third-order valence-electron chi connectivity index (χ3n) is 6.52. The Hall–Kier alpha value is -3.64. The number of nitro groups is 1. The average molecular weight is 657 g/mol. The van der Waals surface area contributed by atoms with Crippen LogP contribution in [0, 0.1) is 10.1 Å². The van der Waals surface area contributed by atoms with Gasteiger partial charge in [0.1, 0.15) is 12.0 Å². The van der Waals surface area contributed by atoms with Gasteiger partial charge in [-0.15, -0.1) is 0 Å². The zero-order valence-corrected chi connectivity index (χ0v) is 24.0. The molecule has 0 N–H and O–H groups in total. The van der Waals surface area contributed by atoms with Gasteiger partial charge in [0, 0.05) is 32.6 Å². The van der Waals surface area contributed by atoms with Crippen molar-refractivity contribution < 1.29 is 14.4 Å². The van der Waals surface area contributed by atoms with Crippen LogP contribution in [0.1, 0.15) is 49.4 Å². The molecule has 39 heavy (non-hydrogen) atoms. The second kappa shape index (κ2) is 11.6. The lowest BCUT2D eigenvalue weighted by Crippen LogP contribution is -2.25. The van der Waals surface area contributed by atoms with E-state index in [2.05, 4.69) is 41.9 Å². The minimum atomic E-state index is -0.535. The Balaban J connectivity index is 1.61. The predicted octanol–water partition coefficient (Wildman–Crippen LogP) is 6.96. The summed E-state index contributed by atoms with van der Waals surface area (Å²) in [7, 11) is 1.50. The van der Waals surface area contributed by atoms with Crippen LogP contribution in [-0.4, -0.2) is 32.9 Å². The third-order valence-corrected chi connectivity index (χ3v) is 7.47. The van der Waals surface area contributed by atoms with Crippen molar-refractivity contribution in [3.05, 3.63) is 89.5 Å². The van der Waals surface area contributed by atoms with Gasteiger partial charge >= 0.3 is 0 Å². The minimum Gasteiger partial charge on any atom is -0.493 e. The summed E-state index contributed by atoms with van der Waals surface area (Å²) >= 11 is 6.93. The first kappa shape index (κ1) is 26.9. The Kier molecular flexibility index (Phi) is 8.03. The maximum absolute atomic E-state index is 13.7. The van der Waals surface area contributed by atoms with Crippen LogP contribution in [0.25, 0.3) is 10.9 Å². The molecule has 12 heteroatoms. The van der Waals surface area contributed by atoms with Gasteiger partial charge < -0.3 is 9.47 Å². The maximum Gasteiger partial charge on any atom is 0.287 e. The predicted molar refractivity (Wildman–Crippen MR) is 154 cm³/mol. The zero-order chi connectivity index (χ0) is 27.5. The number of halogens is 2. The third kappa shape index (κ3) is 5.86. The second-order valence-corrected chi connectivity index (χ2v) is 10.9. The summed E-state index contributed by atoms with van der Waals surface area (Å²) in [5, 5.41) is 16.1. The van der Waals surface area contributed by atoms with Crippen molar-refractivity contribution in [3.63, 3.8) is 0 Å². The molecule has 1 aliphatic rings. The number of hydrogen-bond acceptors (Lipinski definition) is 8. The molecule has 2 aromatic carbocycles. The zero-order valence-electron chi connectivity index (χ0n) is 20.8. The normalized spacial score (nSPS) is 14.1. The van der Waals surface area contributed by atoms with Crippen molar-refractivity contribution in [1.29, 1.82) is 0 Å². The Morgan fingerprint density at radius 2 is 1.90 bits per heavy atom. The van der Waals surface area contributed by atoms with Gasteiger partial charge in [0.05, 0.1) is 29.2 Å². The van der Waals surface area contributed by atoms with Crippen molar-refractivity contribution >= 4 is 54.7 Å². The molecule has 4 aromatic rings. The van der Waals surface area contributed by atoms with Crippen LogP contribution < -0.4 is 15.0 Å². The van der Waals surface area contributed by atoms with E-state index in [1.807, 2.05) is 12.1 Å². The molecule has 0 spiro atoms. The summed E-state index contributed by atoms with van der Waals surface area (Å²) in [6, 6.07) is 11.6. The van der Waals surface area contributed by atoms with Gasteiger partial charge in [0.2, 0.25) is 5.88 Å². The molecule has 2 heterocycles. The van der Waals surface area contributed by atoms with E-state index in [0.29, 0.717) is 32.5 Å². The molecule has 1 fully saturated rings. The average Bonchev–Trinajstić information content (AvgIpc) is 2.94. The monoisotopic (exact) mass is 655 g/mol. The van der Waals surface area contributed by atoms with E-state index in [1.54, 1.807) is 18.2 Å². The highest BCUT2D eigenvalue weighted by molar-refractivity contribution is 9.10. The molecule has 1 saturated carbocycles. The highest BCUT2D eigenvalue weighted by Gasteiger charge is 2.23. The lowest BCUT2D eigenvalue weighted by Gasteiger charge is -2.22. The quantitative estimate of drug-likeness (QED) is 0.120. The first-order valence-corrected chi connectivity index (χ1v) is 13.8. The van der Waals surface area contributed by atoms with Crippen LogP contribution >= 0.6 is 31.9 Å². The molecule has 1 aliphatic carbocycles. The van der Waals surface area contributed by atoms with Gasteiger partial charge in [-0.25, -0.2) is 9.97 Å². The molecule has 0 aliphatic heterocycles. The summed E-state index contributed by atoms with van der Waals surface area (Å²) in [5.74, 6) is 1.55. The highest BCUT2D eigenvalue weighted by atomic mass is 79.9. The molecule has 5 rings (SSSR count). The van der Waals surface area contributed by atoms with Crippen LogP contribution in [0.3, 0.4) is 0 Å². The Morgan fingerprint density at radius 3 is 2.59 bits per heavy atom. The van der Waals surface area contributed by atoms with E-state index in [-0.39, 0.29) is 28.8 Å². The molecule has 10 nitrogen and oxygen atoms in total. The van der Waals surface area contributed by atoms with Crippen molar-refractivity contribution in [2.45, 2.75) is 38.0 Å². The van der Waals surface area contributed by atoms with Gasteiger partial charge in [-0.2, -0.15) is 9.78 Å². The van der Waals surface area contributed by atoms with Crippen molar-refractivity contribution in [2.75, 3.05) is 7.11 Å². The van der Waals surface area contributed by atoms with Crippen LogP contribution in [0.2, 0.25) is 0 Å². The number of hydrogen-bond donors (Lipinski definition) is 0. The molecule has 2 aromatic heterocycles. The van der Waals surface area contributed by atoms with Gasteiger partial charge in [0.25, 0.3) is 11.2 Å². The molecule has 0 atom stereocenters. The fourth-order valence-corrected chi connectivity index (χ4v) is 5.43.